The van der Waals surface area contributed by atoms with Gasteiger partial charge in [0.2, 0.25) is 0 Å². The largest absolute Gasteiger partial charge is 0.396 e. The van der Waals surface area contributed by atoms with Crippen molar-refractivity contribution in [2.45, 2.75) is 26.8 Å². The van der Waals surface area contributed by atoms with Crippen LogP contribution >= 0.6 is 0 Å². The molecule has 0 atom stereocenters. The smallest absolute Gasteiger partial charge is 0.123 e. The predicted octanol–water partition coefficient (Wildman–Crippen LogP) is 2.07. The van der Waals surface area contributed by atoms with Gasteiger partial charge in [0.25, 0.3) is 0 Å². The zero-order valence-corrected chi connectivity index (χ0v) is 12.0. The number of aliphatic hydroxyl groups is 1. The summed E-state index contributed by atoms with van der Waals surface area (Å²) in [4.78, 5) is 4.63. The Morgan fingerprint density at radius 2 is 2.05 bits per heavy atom. The van der Waals surface area contributed by atoms with Gasteiger partial charge < -0.3 is 15.0 Å². The molecule has 2 N–H and O–H groups in total. The van der Waals surface area contributed by atoms with E-state index in [2.05, 4.69) is 34.8 Å². The molecule has 0 amide bonds. The van der Waals surface area contributed by atoms with Crippen molar-refractivity contribution in [3.05, 3.63) is 30.1 Å². The molecule has 1 aromatic carbocycles. The first-order valence-corrected chi connectivity index (χ1v) is 6.75. The van der Waals surface area contributed by atoms with Crippen LogP contribution in [0.1, 0.15) is 26.1 Å². The second-order valence-electron chi connectivity index (χ2n) is 5.82. The number of imidazole rings is 1. The van der Waals surface area contributed by atoms with Crippen LogP contribution in [0, 0.1) is 5.41 Å². The van der Waals surface area contributed by atoms with Crippen LogP contribution in [0.25, 0.3) is 11.0 Å². The van der Waals surface area contributed by atoms with E-state index in [9.17, 15) is 0 Å². The average molecular weight is 261 g/mol. The topological polar surface area (TPSA) is 50.1 Å². The zero-order chi connectivity index (χ0) is 13.9. The van der Waals surface area contributed by atoms with Gasteiger partial charge in [-0.3, -0.25) is 0 Å². The molecule has 0 aliphatic carbocycles. The molecule has 19 heavy (non-hydrogen) atoms. The molecule has 0 aliphatic rings. The Labute approximate surface area is 114 Å². The van der Waals surface area contributed by atoms with Crippen LogP contribution in [-0.4, -0.2) is 27.8 Å². The molecule has 4 nitrogen and oxygen atoms in total. The number of nitrogens with one attached hydrogen (secondary N) is 1. The highest BCUT2D eigenvalue weighted by atomic mass is 16.3. The fraction of sp³-hybridized carbons (Fsp3) is 0.533. The lowest BCUT2D eigenvalue weighted by atomic mass is 9.90. The Kier molecular flexibility index (Phi) is 4.22. The predicted molar refractivity (Wildman–Crippen MR) is 77.9 cm³/mol. The molecule has 0 fully saturated rings. The molecule has 1 heterocycles. The van der Waals surface area contributed by atoms with Gasteiger partial charge in [-0.15, -0.1) is 0 Å². The fourth-order valence-corrected chi connectivity index (χ4v) is 2.26. The van der Waals surface area contributed by atoms with Crippen molar-refractivity contribution in [3.63, 3.8) is 0 Å². The second-order valence-corrected chi connectivity index (χ2v) is 5.82. The van der Waals surface area contributed by atoms with Gasteiger partial charge in [-0.1, -0.05) is 26.0 Å². The second kappa shape index (κ2) is 5.72. The highest BCUT2D eigenvalue weighted by Gasteiger charge is 2.17. The van der Waals surface area contributed by atoms with E-state index in [1.807, 2.05) is 25.2 Å². The van der Waals surface area contributed by atoms with Crippen molar-refractivity contribution in [3.8, 4) is 0 Å². The summed E-state index contributed by atoms with van der Waals surface area (Å²) in [6.45, 7) is 6.17. The minimum Gasteiger partial charge on any atom is -0.396 e. The summed E-state index contributed by atoms with van der Waals surface area (Å²) < 4.78 is 2.13. The van der Waals surface area contributed by atoms with Crippen LogP contribution < -0.4 is 5.32 Å². The van der Waals surface area contributed by atoms with Gasteiger partial charge in [-0.25, -0.2) is 4.98 Å². The molecule has 0 radical (unpaired) electrons. The van der Waals surface area contributed by atoms with Crippen LogP contribution in [0.5, 0.6) is 0 Å². The van der Waals surface area contributed by atoms with Gasteiger partial charge in [-0.2, -0.15) is 0 Å². The van der Waals surface area contributed by atoms with Crippen LogP contribution in [-0.2, 0) is 13.6 Å². The molecule has 0 unspecified atom stereocenters. The number of fused-ring (bicyclic) bond motifs is 1. The lowest BCUT2D eigenvalue weighted by Gasteiger charge is -2.23. The minimum atomic E-state index is 0.110. The lowest BCUT2D eigenvalue weighted by Crippen LogP contribution is -2.30. The molecular formula is C15H23N3O. The first-order valence-electron chi connectivity index (χ1n) is 6.75. The van der Waals surface area contributed by atoms with Gasteiger partial charge in [0.05, 0.1) is 17.6 Å². The van der Waals surface area contributed by atoms with Crippen molar-refractivity contribution in [1.29, 1.82) is 0 Å². The Morgan fingerprint density at radius 1 is 1.32 bits per heavy atom. The number of nitrogens with zero attached hydrogens (tertiary/aromatic N) is 2. The minimum absolute atomic E-state index is 0.110. The maximum Gasteiger partial charge on any atom is 0.123 e. The van der Waals surface area contributed by atoms with Gasteiger partial charge in [-0.05, 0) is 24.0 Å². The Hall–Kier alpha value is -1.39. The molecule has 104 valence electrons. The third kappa shape index (κ3) is 3.33. The summed E-state index contributed by atoms with van der Waals surface area (Å²) in [6.07, 6.45) is 0.808. The molecule has 1 aromatic heterocycles. The first-order chi connectivity index (χ1) is 9.03. The molecular weight excluding hydrogens is 238 g/mol. The highest BCUT2D eigenvalue weighted by molar-refractivity contribution is 5.75. The number of benzene rings is 1. The summed E-state index contributed by atoms with van der Waals surface area (Å²) >= 11 is 0. The van der Waals surface area contributed by atoms with E-state index in [-0.39, 0.29) is 12.0 Å². The molecule has 4 heteroatoms. The van der Waals surface area contributed by atoms with Gasteiger partial charge >= 0.3 is 0 Å². The van der Waals surface area contributed by atoms with Crippen LogP contribution in [0.4, 0.5) is 0 Å². The molecule has 0 saturated carbocycles. The Morgan fingerprint density at radius 3 is 2.74 bits per heavy atom. The number of para-hydroxylation sites is 2. The van der Waals surface area contributed by atoms with Crippen molar-refractivity contribution < 1.29 is 5.11 Å². The number of aliphatic hydroxyl groups excluding tert-OH is 1. The standard InChI is InChI=1S/C15H23N3O/c1-15(2,8-9-19)11-16-10-14-17-12-6-4-5-7-13(12)18(14)3/h4-7,16,19H,8-11H2,1-3H3. The average Bonchev–Trinajstić information content (AvgIpc) is 2.67. The van der Waals surface area contributed by atoms with E-state index in [1.165, 1.54) is 0 Å². The van der Waals surface area contributed by atoms with Gasteiger partial charge in [0, 0.05) is 20.2 Å². The normalized spacial score (nSPS) is 12.2. The van der Waals surface area contributed by atoms with E-state index in [0.29, 0.717) is 0 Å². The van der Waals surface area contributed by atoms with Gasteiger partial charge in [0.1, 0.15) is 5.82 Å². The van der Waals surface area contributed by atoms with Crippen molar-refractivity contribution in [2.75, 3.05) is 13.2 Å². The first kappa shape index (κ1) is 14.0. The maximum absolute atomic E-state index is 9.01. The zero-order valence-electron chi connectivity index (χ0n) is 12.0. The van der Waals surface area contributed by atoms with Crippen molar-refractivity contribution in [2.24, 2.45) is 12.5 Å². The number of hydrogen-bond donors (Lipinski definition) is 2. The number of aromatic nitrogens is 2. The fourth-order valence-electron chi connectivity index (χ4n) is 2.26. The van der Waals surface area contributed by atoms with Crippen molar-refractivity contribution >= 4 is 11.0 Å². The van der Waals surface area contributed by atoms with E-state index in [0.717, 1.165) is 36.4 Å². The van der Waals surface area contributed by atoms with E-state index < -0.39 is 0 Å². The van der Waals surface area contributed by atoms with Crippen LogP contribution in [0.15, 0.2) is 24.3 Å². The maximum atomic E-state index is 9.01. The molecule has 0 aliphatic heterocycles. The summed E-state index contributed by atoms with van der Waals surface area (Å²) in [6, 6.07) is 8.17. The van der Waals surface area contributed by atoms with Gasteiger partial charge in [0.15, 0.2) is 0 Å². The molecule has 0 saturated heterocycles. The monoisotopic (exact) mass is 261 g/mol. The molecule has 0 spiro atoms. The Balaban J connectivity index is 2.00. The molecule has 0 bridgehead atoms. The summed E-state index contributed by atoms with van der Waals surface area (Å²) in [7, 11) is 2.05. The van der Waals surface area contributed by atoms with E-state index in [4.69, 9.17) is 5.11 Å². The van der Waals surface area contributed by atoms with E-state index >= 15 is 0 Å². The summed E-state index contributed by atoms with van der Waals surface area (Å²) in [5, 5.41) is 12.4. The number of rotatable bonds is 6. The highest BCUT2D eigenvalue weighted by Crippen LogP contribution is 2.18. The van der Waals surface area contributed by atoms with Crippen LogP contribution in [0.3, 0.4) is 0 Å². The SMILES string of the molecule is Cn1c(CNCC(C)(C)CCO)nc2ccccc21. The lowest BCUT2D eigenvalue weighted by molar-refractivity contribution is 0.206. The quantitative estimate of drug-likeness (QED) is 0.837. The molecule has 2 aromatic rings. The van der Waals surface area contributed by atoms with Crippen LogP contribution in [0.2, 0.25) is 0 Å². The summed E-state index contributed by atoms with van der Waals surface area (Å²) in [5.74, 6) is 1.04. The third-order valence-electron chi connectivity index (χ3n) is 3.56. The Bertz CT molecular complexity index is 545. The van der Waals surface area contributed by atoms with Crippen molar-refractivity contribution in [1.82, 2.24) is 14.9 Å². The third-order valence-corrected chi connectivity index (χ3v) is 3.56. The van der Waals surface area contributed by atoms with E-state index in [1.54, 1.807) is 0 Å². The number of hydrogen-bond acceptors (Lipinski definition) is 3. The number of aryl methyl sites for hydroxylation is 1. The summed E-state index contributed by atoms with van der Waals surface area (Å²) in [5.41, 5.74) is 2.31. The molecule has 2 rings (SSSR count).